The van der Waals surface area contributed by atoms with Gasteiger partial charge >= 0.3 is 5.97 Å². The molecule has 4 aromatic rings. The third-order valence-corrected chi connectivity index (χ3v) is 8.17. The van der Waals surface area contributed by atoms with Crippen LogP contribution in [0.1, 0.15) is 55.9 Å². The molecule has 1 aliphatic rings. The van der Waals surface area contributed by atoms with Crippen LogP contribution in [0.4, 0.5) is 0 Å². The van der Waals surface area contributed by atoms with Gasteiger partial charge in [0.05, 0.1) is 39.1 Å². The molecule has 264 valence electrons. The quantitative estimate of drug-likeness (QED) is 0.0842. The van der Waals surface area contributed by atoms with Crippen molar-refractivity contribution in [3.63, 3.8) is 0 Å². The van der Waals surface area contributed by atoms with Crippen LogP contribution in [-0.4, -0.2) is 54.5 Å². The van der Waals surface area contributed by atoms with Crippen molar-refractivity contribution in [2.75, 3.05) is 6.61 Å². The van der Waals surface area contributed by atoms with Crippen LogP contribution in [0.5, 0.6) is 0 Å². The third kappa shape index (κ3) is 12.0. The van der Waals surface area contributed by atoms with Crippen molar-refractivity contribution in [1.82, 2.24) is 0 Å². The van der Waals surface area contributed by atoms with E-state index < -0.39 is 42.1 Å². The van der Waals surface area contributed by atoms with Crippen LogP contribution in [0.15, 0.2) is 121 Å². The van der Waals surface area contributed by atoms with Gasteiger partial charge in [-0.15, -0.1) is 0 Å². The molecule has 1 fully saturated rings. The standard InChI is InChI=1S/C42H48O8/c1-42(2,3)50-38(44)25-35(43)24-36-39(46-27-32-18-10-5-11-19-32)41(48-29-34-22-14-7-15-23-34)40(47-28-33-20-12-6-13-21-33)37(49-36)30-45-26-31-16-8-4-9-17-31/h4-23,36-37,39-41H,24-30H2,1-3H3/t36-,37+,39-,40+,41+/m0/s1. The molecule has 8 nitrogen and oxygen atoms in total. The highest BCUT2D eigenvalue weighted by Crippen LogP contribution is 2.33. The first-order chi connectivity index (χ1) is 24.2. The number of carbonyl (C=O) groups excluding carboxylic acids is 2. The molecule has 4 aromatic carbocycles. The molecule has 8 heteroatoms. The third-order valence-electron chi connectivity index (χ3n) is 8.17. The van der Waals surface area contributed by atoms with Crippen molar-refractivity contribution in [3.05, 3.63) is 144 Å². The Balaban J connectivity index is 1.45. The zero-order valence-electron chi connectivity index (χ0n) is 29.1. The molecule has 0 radical (unpaired) electrons. The van der Waals surface area contributed by atoms with E-state index in [1.54, 1.807) is 20.8 Å². The van der Waals surface area contributed by atoms with Crippen molar-refractivity contribution < 1.29 is 38.0 Å². The molecule has 0 spiro atoms. The van der Waals surface area contributed by atoms with Crippen LogP contribution in [-0.2, 0) is 64.4 Å². The van der Waals surface area contributed by atoms with Gasteiger partial charge in [-0.1, -0.05) is 121 Å². The zero-order valence-corrected chi connectivity index (χ0v) is 29.1. The molecule has 0 aliphatic carbocycles. The van der Waals surface area contributed by atoms with Crippen molar-refractivity contribution in [1.29, 1.82) is 0 Å². The highest BCUT2D eigenvalue weighted by Gasteiger charge is 2.49. The highest BCUT2D eigenvalue weighted by molar-refractivity contribution is 5.95. The second-order valence-electron chi connectivity index (χ2n) is 13.5. The lowest BCUT2D eigenvalue weighted by Gasteiger charge is -2.46. The fourth-order valence-electron chi connectivity index (χ4n) is 5.88. The first-order valence-electron chi connectivity index (χ1n) is 17.2. The average Bonchev–Trinajstić information content (AvgIpc) is 3.10. The number of benzene rings is 4. The van der Waals surface area contributed by atoms with E-state index in [1.165, 1.54) is 0 Å². The number of rotatable bonds is 17. The second kappa shape index (κ2) is 18.7. The maximum Gasteiger partial charge on any atom is 0.313 e. The van der Waals surface area contributed by atoms with Crippen LogP contribution < -0.4 is 0 Å². The largest absolute Gasteiger partial charge is 0.460 e. The summed E-state index contributed by atoms with van der Waals surface area (Å²) in [6.07, 6.45) is -3.80. The van der Waals surface area contributed by atoms with Crippen molar-refractivity contribution in [3.8, 4) is 0 Å². The SMILES string of the molecule is CC(C)(C)OC(=O)CC(=O)C[C@@H]1O[C@H](COCc2ccccc2)[C@@H](OCc2ccccc2)[C@H](OCc2ccccc2)[C@H]1OCc1ccccc1. The summed E-state index contributed by atoms with van der Waals surface area (Å²) >= 11 is 0. The van der Waals surface area contributed by atoms with Crippen molar-refractivity contribution in [2.45, 2.75) is 96.2 Å². The smallest absolute Gasteiger partial charge is 0.313 e. The predicted molar refractivity (Wildman–Crippen MR) is 190 cm³/mol. The summed E-state index contributed by atoms with van der Waals surface area (Å²) in [5.74, 6) is -0.893. The topological polar surface area (TPSA) is 89.5 Å². The highest BCUT2D eigenvalue weighted by atomic mass is 16.6. The minimum Gasteiger partial charge on any atom is -0.460 e. The Labute approximate surface area is 295 Å². The monoisotopic (exact) mass is 680 g/mol. The first-order valence-corrected chi connectivity index (χ1v) is 17.2. The van der Waals surface area contributed by atoms with E-state index in [4.69, 9.17) is 28.4 Å². The van der Waals surface area contributed by atoms with E-state index in [0.29, 0.717) is 13.2 Å². The number of hydrogen-bond donors (Lipinski definition) is 0. The molecule has 0 N–H and O–H groups in total. The molecule has 1 aliphatic heterocycles. The summed E-state index contributed by atoms with van der Waals surface area (Å²) in [6.45, 7) is 6.74. The van der Waals surface area contributed by atoms with Crippen LogP contribution in [0.25, 0.3) is 0 Å². The number of ether oxygens (including phenoxy) is 6. The lowest BCUT2D eigenvalue weighted by molar-refractivity contribution is -0.272. The number of hydrogen-bond acceptors (Lipinski definition) is 8. The number of carbonyl (C=O) groups is 2. The summed E-state index contributed by atoms with van der Waals surface area (Å²) in [4.78, 5) is 26.1. The zero-order chi connectivity index (χ0) is 35.2. The fraction of sp³-hybridized carbons (Fsp3) is 0.381. The van der Waals surface area contributed by atoms with Gasteiger partial charge in [0.2, 0.25) is 0 Å². The number of esters is 1. The van der Waals surface area contributed by atoms with E-state index in [-0.39, 0.29) is 38.4 Å². The van der Waals surface area contributed by atoms with E-state index in [1.807, 2.05) is 121 Å². The lowest BCUT2D eigenvalue weighted by Crippen LogP contribution is -2.61. The predicted octanol–water partition coefficient (Wildman–Crippen LogP) is 7.42. The fourth-order valence-corrected chi connectivity index (χ4v) is 5.88. The van der Waals surface area contributed by atoms with Gasteiger partial charge in [-0.2, -0.15) is 0 Å². The molecule has 1 saturated heterocycles. The summed E-state index contributed by atoms with van der Waals surface area (Å²) in [5, 5.41) is 0. The van der Waals surface area contributed by atoms with Gasteiger partial charge in [0, 0.05) is 6.42 Å². The second-order valence-corrected chi connectivity index (χ2v) is 13.5. The Morgan fingerprint density at radius 1 is 0.560 bits per heavy atom. The molecule has 5 rings (SSSR count). The molecule has 0 saturated carbocycles. The van der Waals surface area contributed by atoms with Crippen molar-refractivity contribution >= 4 is 11.8 Å². The molecule has 0 amide bonds. The normalized spacial score (nSPS) is 20.7. The Hall–Kier alpha value is -4.18. The van der Waals surface area contributed by atoms with Crippen molar-refractivity contribution in [2.24, 2.45) is 0 Å². The Morgan fingerprint density at radius 2 is 0.960 bits per heavy atom. The summed E-state index contributed by atoms with van der Waals surface area (Å²) in [5.41, 5.74) is 3.26. The summed E-state index contributed by atoms with van der Waals surface area (Å²) in [6, 6.07) is 39.5. The van der Waals surface area contributed by atoms with Gasteiger partial charge in [0.25, 0.3) is 0 Å². The minimum atomic E-state index is -0.753. The number of ketones is 1. The first kappa shape index (κ1) is 37.1. The molecule has 1 heterocycles. The molecule has 0 bridgehead atoms. The molecule has 0 unspecified atom stereocenters. The van der Waals surface area contributed by atoms with Crippen LogP contribution in [0.2, 0.25) is 0 Å². The Kier molecular flexibility index (Phi) is 13.9. The molecular weight excluding hydrogens is 632 g/mol. The molecule has 0 aromatic heterocycles. The summed E-state index contributed by atoms with van der Waals surface area (Å²) in [7, 11) is 0. The number of Topliss-reactive ketones (excluding diaryl/α,β-unsaturated/α-hetero) is 1. The maximum atomic E-state index is 13.5. The average molecular weight is 681 g/mol. The lowest BCUT2D eigenvalue weighted by atomic mass is 9.91. The van der Waals surface area contributed by atoms with Gasteiger partial charge in [-0.05, 0) is 43.0 Å². The summed E-state index contributed by atoms with van der Waals surface area (Å²) < 4.78 is 38.5. The van der Waals surface area contributed by atoms with Gasteiger partial charge in [0.15, 0.2) is 0 Å². The Morgan fingerprint density at radius 3 is 1.40 bits per heavy atom. The molecule has 5 atom stereocenters. The van der Waals surface area contributed by atoms with E-state index in [2.05, 4.69) is 0 Å². The molecular formula is C42H48O8. The Bertz CT molecular complexity index is 1570. The van der Waals surface area contributed by atoms with Gasteiger partial charge < -0.3 is 28.4 Å². The maximum absolute atomic E-state index is 13.5. The van der Waals surface area contributed by atoms with Crippen LogP contribution in [0.3, 0.4) is 0 Å². The van der Waals surface area contributed by atoms with Gasteiger partial charge in [-0.25, -0.2) is 0 Å². The molecule has 50 heavy (non-hydrogen) atoms. The van der Waals surface area contributed by atoms with Crippen LogP contribution >= 0.6 is 0 Å². The van der Waals surface area contributed by atoms with Gasteiger partial charge in [-0.3, -0.25) is 9.59 Å². The van der Waals surface area contributed by atoms with E-state index in [9.17, 15) is 9.59 Å². The van der Waals surface area contributed by atoms with Gasteiger partial charge in [0.1, 0.15) is 42.2 Å². The van der Waals surface area contributed by atoms with E-state index in [0.717, 1.165) is 22.3 Å². The van der Waals surface area contributed by atoms with Crippen LogP contribution in [0, 0.1) is 0 Å². The van der Waals surface area contributed by atoms with E-state index >= 15 is 0 Å². The minimum absolute atomic E-state index is 0.0789.